The van der Waals surface area contributed by atoms with E-state index in [-0.39, 0.29) is 22.9 Å². The fourth-order valence-corrected chi connectivity index (χ4v) is 5.05. The first-order valence-corrected chi connectivity index (χ1v) is 12.0. The molecule has 3 rings (SSSR count). The van der Waals surface area contributed by atoms with E-state index in [1.54, 1.807) is 44.2 Å². The SMILES string of the molecule is CC(=O)Oc1ccc(COc2cc(C(F)(F)F)ccc2N(C(C)C)S(=O)(=O)c2ccccc2)cc1. The molecular weight excluding hydrogens is 483 g/mol. The van der Waals surface area contributed by atoms with Crippen molar-refractivity contribution in [2.24, 2.45) is 0 Å². The van der Waals surface area contributed by atoms with Gasteiger partial charge in [-0.25, -0.2) is 8.42 Å². The van der Waals surface area contributed by atoms with Crippen LogP contribution in [0.25, 0.3) is 0 Å². The topological polar surface area (TPSA) is 72.9 Å². The number of rotatable bonds is 8. The molecule has 0 aliphatic heterocycles. The monoisotopic (exact) mass is 507 g/mol. The van der Waals surface area contributed by atoms with Gasteiger partial charge in [0.1, 0.15) is 18.1 Å². The minimum atomic E-state index is -4.65. The van der Waals surface area contributed by atoms with Gasteiger partial charge in [0.2, 0.25) is 0 Å². The van der Waals surface area contributed by atoms with Crippen LogP contribution in [-0.4, -0.2) is 20.4 Å². The Kier molecular flexibility index (Phi) is 7.74. The number of halogens is 3. The van der Waals surface area contributed by atoms with Crippen molar-refractivity contribution < 1.29 is 35.9 Å². The predicted octanol–water partition coefficient (Wildman–Crippen LogP) is 5.81. The Bertz CT molecular complexity index is 1270. The molecule has 0 fully saturated rings. The highest BCUT2D eigenvalue weighted by molar-refractivity contribution is 7.92. The summed E-state index contributed by atoms with van der Waals surface area (Å²) in [5.41, 5.74) is -0.415. The fourth-order valence-electron chi connectivity index (χ4n) is 3.36. The maximum absolute atomic E-state index is 13.4. The number of esters is 1. The molecule has 0 radical (unpaired) electrons. The molecule has 0 aliphatic rings. The highest BCUT2D eigenvalue weighted by Gasteiger charge is 2.34. The van der Waals surface area contributed by atoms with E-state index in [4.69, 9.17) is 9.47 Å². The smallest absolute Gasteiger partial charge is 0.416 e. The average molecular weight is 508 g/mol. The Morgan fingerprint density at radius 3 is 2.14 bits per heavy atom. The van der Waals surface area contributed by atoms with Gasteiger partial charge in [-0.15, -0.1) is 0 Å². The first kappa shape index (κ1) is 26.1. The lowest BCUT2D eigenvalue weighted by atomic mass is 10.1. The molecule has 3 aromatic rings. The lowest BCUT2D eigenvalue weighted by molar-refractivity contribution is -0.137. The van der Waals surface area contributed by atoms with E-state index in [9.17, 15) is 26.4 Å². The van der Waals surface area contributed by atoms with Gasteiger partial charge < -0.3 is 9.47 Å². The molecule has 0 amide bonds. The van der Waals surface area contributed by atoms with Crippen molar-refractivity contribution in [3.05, 3.63) is 83.9 Å². The van der Waals surface area contributed by atoms with E-state index < -0.39 is 33.8 Å². The van der Waals surface area contributed by atoms with E-state index in [1.807, 2.05) is 0 Å². The number of benzene rings is 3. The minimum Gasteiger partial charge on any atom is -0.487 e. The van der Waals surface area contributed by atoms with Gasteiger partial charge in [-0.1, -0.05) is 30.3 Å². The maximum atomic E-state index is 13.4. The zero-order valence-corrected chi connectivity index (χ0v) is 20.1. The molecule has 0 bridgehead atoms. The molecule has 186 valence electrons. The van der Waals surface area contributed by atoms with Crippen LogP contribution in [0.15, 0.2) is 77.7 Å². The third kappa shape index (κ3) is 6.33. The van der Waals surface area contributed by atoms with Crippen LogP contribution >= 0.6 is 0 Å². The van der Waals surface area contributed by atoms with Crippen LogP contribution in [0.3, 0.4) is 0 Å². The molecule has 35 heavy (non-hydrogen) atoms. The van der Waals surface area contributed by atoms with Crippen LogP contribution in [0.4, 0.5) is 18.9 Å². The zero-order valence-electron chi connectivity index (χ0n) is 19.2. The number of anilines is 1. The summed E-state index contributed by atoms with van der Waals surface area (Å²) in [6.45, 7) is 4.35. The summed E-state index contributed by atoms with van der Waals surface area (Å²) < 4.78 is 78.9. The summed E-state index contributed by atoms with van der Waals surface area (Å²) in [6, 6.07) is 15.9. The summed E-state index contributed by atoms with van der Waals surface area (Å²) in [5, 5.41) is 0. The van der Waals surface area contributed by atoms with Gasteiger partial charge in [0.25, 0.3) is 10.0 Å². The predicted molar refractivity (Wildman–Crippen MR) is 125 cm³/mol. The van der Waals surface area contributed by atoms with E-state index in [0.717, 1.165) is 22.5 Å². The second-order valence-corrected chi connectivity index (χ2v) is 9.73. The van der Waals surface area contributed by atoms with Crippen molar-refractivity contribution in [1.82, 2.24) is 0 Å². The van der Waals surface area contributed by atoms with Crippen LogP contribution in [-0.2, 0) is 27.6 Å². The summed E-state index contributed by atoms with van der Waals surface area (Å²) >= 11 is 0. The Hall–Kier alpha value is -3.53. The zero-order chi connectivity index (χ0) is 25.8. The number of ether oxygens (including phenoxy) is 2. The number of sulfonamides is 1. The molecule has 6 nitrogen and oxygen atoms in total. The molecule has 0 saturated heterocycles. The van der Waals surface area contributed by atoms with Gasteiger partial charge in [0, 0.05) is 13.0 Å². The first-order valence-electron chi connectivity index (χ1n) is 10.6. The molecule has 0 saturated carbocycles. The van der Waals surface area contributed by atoms with Crippen molar-refractivity contribution in [2.75, 3.05) is 4.31 Å². The highest BCUT2D eigenvalue weighted by atomic mass is 32.2. The minimum absolute atomic E-state index is 0.000563. The normalized spacial score (nSPS) is 11.9. The second-order valence-electron chi connectivity index (χ2n) is 7.91. The standard InChI is InChI=1S/C25H24F3NO5S/c1-17(2)29(35(31,32)22-7-5-4-6-8-22)23-14-11-20(25(26,27)28)15-24(23)33-16-19-9-12-21(13-10-19)34-18(3)30/h4-15,17H,16H2,1-3H3. The number of alkyl halides is 3. The third-order valence-electron chi connectivity index (χ3n) is 4.87. The summed E-state index contributed by atoms with van der Waals surface area (Å²) in [6.07, 6.45) is -4.65. The quantitative estimate of drug-likeness (QED) is 0.284. The Morgan fingerprint density at radius 2 is 1.60 bits per heavy atom. The number of hydrogen-bond acceptors (Lipinski definition) is 5. The molecule has 3 aromatic carbocycles. The number of carbonyl (C=O) groups excluding carboxylic acids is 1. The van der Waals surface area contributed by atoms with Gasteiger partial charge >= 0.3 is 12.1 Å². The van der Waals surface area contributed by atoms with Crippen LogP contribution in [0.1, 0.15) is 31.9 Å². The number of carbonyl (C=O) groups is 1. The molecule has 0 aliphatic carbocycles. The van der Waals surface area contributed by atoms with Gasteiger partial charge in [0.15, 0.2) is 0 Å². The maximum Gasteiger partial charge on any atom is 0.416 e. The van der Waals surface area contributed by atoms with Crippen LogP contribution in [0, 0.1) is 0 Å². The van der Waals surface area contributed by atoms with E-state index in [1.165, 1.54) is 31.2 Å². The first-order chi connectivity index (χ1) is 16.4. The summed E-state index contributed by atoms with van der Waals surface area (Å²) in [7, 11) is -4.10. The molecule has 0 heterocycles. The Morgan fingerprint density at radius 1 is 0.971 bits per heavy atom. The van der Waals surface area contributed by atoms with Crippen molar-refractivity contribution in [3.8, 4) is 11.5 Å². The molecule has 0 N–H and O–H groups in total. The summed E-state index contributed by atoms with van der Waals surface area (Å²) in [4.78, 5) is 11.1. The highest BCUT2D eigenvalue weighted by Crippen LogP contribution is 2.39. The molecule has 0 unspecified atom stereocenters. The number of hydrogen-bond donors (Lipinski definition) is 0. The fraction of sp³-hybridized carbons (Fsp3) is 0.240. The van der Waals surface area contributed by atoms with E-state index >= 15 is 0 Å². The van der Waals surface area contributed by atoms with E-state index in [2.05, 4.69) is 0 Å². The Labute approximate surface area is 202 Å². The van der Waals surface area contributed by atoms with Gasteiger partial charge in [-0.3, -0.25) is 9.10 Å². The molecule has 0 spiro atoms. The van der Waals surface area contributed by atoms with Gasteiger partial charge in [-0.05, 0) is 61.9 Å². The van der Waals surface area contributed by atoms with Crippen molar-refractivity contribution in [2.45, 2.75) is 44.5 Å². The second kappa shape index (κ2) is 10.4. The molecular formula is C25H24F3NO5S. The average Bonchev–Trinajstić information content (AvgIpc) is 2.78. The van der Waals surface area contributed by atoms with Crippen molar-refractivity contribution >= 4 is 21.7 Å². The largest absolute Gasteiger partial charge is 0.487 e. The van der Waals surface area contributed by atoms with E-state index in [0.29, 0.717) is 11.3 Å². The van der Waals surface area contributed by atoms with Crippen LogP contribution in [0.5, 0.6) is 11.5 Å². The molecule has 10 heteroatoms. The van der Waals surface area contributed by atoms with Crippen molar-refractivity contribution in [3.63, 3.8) is 0 Å². The van der Waals surface area contributed by atoms with Crippen molar-refractivity contribution in [1.29, 1.82) is 0 Å². The van der Waals surface area contributed by atoms with Gasteiger partial charge in [-0.2, -0.15) is 13.2 Å². The lowest BCUT2D eigenvalue weighted by Crippen LogP contribution is -2.37. The third-order valence-corrected chi connectivity index (χ3v) is 6.88. The van der Waals surface area contributed by atoms with Crippen LogP contribution in [0.2, 0.25) is 0 Å². The van der Waals surface area contributed by atoms with Gasteiger partial charge in [0.05, 0.1) is 16.1 Å². The Balaban J connectivity index is 2.01. The summed E-state index contributed by atoms with van der Waals surface area (Å²) in [5.74, 6) is -0.422. The van der Waals surface area contributed by atoms with Crippen LogP contribution < -0.4 is 13.8 Å². The molecule has 0 atom stereocenters. The molecule has 0 aromatic heterocycles. The number of nitrogens with zero attached hydrogens (tertiary/aromatic N) is 1. The lowest BCUT2D eigenvalue weighted by Gasteiger charge is -2.30.